The summed E-state index contributed by atoms with van der Waals surface area (Å²) in [5.74, 6) is -2.29. The molecule has 0 aromatic heterocycles. The van der Waals surface area contributed by atoms with E-state index in [1.807, 2.05) is 0 Å². The number of hydrogen-bond acceptors (Lipinski definition) is 4. The number of hydrogen-bond donors (Lipinski definition) is 1. The van der Waals surface area contributed by atoms with Crippen LogP contribution in [0.4, 0.5) is 13.2 Å². The number of aliphatic hydroxyl groups is 1. The molecule has 1 N–H and O–H groups in total. The zero-order valence-corrected chi connectivity index (χ0v) is 10.7. The van der Waals surface area contributed by atoms with E-state index in [9.17, 15) is 23.1 Å². The molecule has 0 radical (unpaired) electrons. The molecule has 2 fully saturated rings. The van der Waals surface area contributed by atoms with E-state index < -0.39 is 24.3 Å². The van der Waals surface area contributed by atoms with Crippen molar-refractivity contribution in [2.24, 2.45) is 5.92 Å². The Hall–Kier alpha value is -0.820. The lowest BCUT2D eigenvalue weighted by atomic mass is 9.76. The summed E-state index contributed by atoms with van der Waals surface area (Å²) >= 11 is 0. The third-order valence-electron chi connectivity index (χ3n) is 4.04. The van der Waals surface area contributed by atoms with Crippen LogP contribution in [-0.4, -0.2) is 40.5 Å². The lowest BCUT2D eigenvalue weighted by Gasteiger charge is -2.47. The monoisotopic (exact) mass is 281 g/mol. The van der Waals surface area contributed by atoms with Crippen LogP contribution in [0.5, 0.6) is 0 Å². The molecule has 1 aliphatic heterocycles. The molecule has 4 atom stereocenters. The van der Waals surface area contributed by atoms with E-state index in [0.29, 0.717) is 12.8 Å². The van der Waals surface area contributed by atoms with Crippen molar-refractivity contribution in [3.63, 3.8) is 0 Å². The van der Waals surface area contributed by atoms with Crippen LogP contribution in [0.25, 0.3) is 0 Å². The molecule has 2 aliphatic rings. The summed E-state index contributed by atoms with van der Waals surface area (Å²) in [6.45, 7) is 1.66. The average molecular weight is 281 g/mol. The number of alkyl halides is 3. The molecular formula is C12H18F3NO3. The van der Waals surface area contributed by atoms with Crippen LogP contribution in [0.15, 0.2) is 0 Å². The van der Waals surface area contributed by atoms with Crippen LogP contribution in [0.1, 0.15) is 39.0 Å². The number of carbonyl (C=O) groups excluding carboxylic acids is 1. The van der Waals surface area contributed by atoms with Gasteiger partial charge in [-0.1, -0.05) is 12.8 Å². The van der Waals surface area contributed by atoms with Gasteiger partial charge in [0.05, 0.1) is 12.1 Å². The minimum absolute atomic E-state index is 0.106. The van der Waals surface area contributed by atoms with Crippen molar-refractivity contribution in [2.45, 2.75) is 63.4 Å². The number of fused-ring (bicyclic) bond motifs is 1. The van der Waals surface area contributed by atoms with Gasteiger partial charge in [-0.25, -0.2) is 4.79 Å². The summed E-state index contributed by atoms with van der Waals surface area (Å²) in [6, 6.07) is -0.709. The smallest absolute Gasteiger partial charge is 0.393 e. The molecule has 0 bridgehead atoms. The molecule has 0 amide bonds. The Kier molecular flexibility index (Phi) is 4.06. The van der Waals surface area contributed by atoms with E-state index in [-0.39, 0.29) is 12.0 Å². The predicted molar refractivity (Wildman–Crippen MR) is 59.8 cm³/mol. The zero-order chi connectivity index (χ0) is 14.2. The molecule has 7 heteroatoms. The first-order valence-corrected chi connectivity index (χ1v) is 6.56. The van der Waals surface area contributed by atoms with Gasteiger partial charge in [0.25, 0.3) is 0 Å². The fraction of sp³-hybridized carbons (Fsp3) is 0.917. The van der Waals surface area contributed by atoms with Gasteiger partial charge < -0.3 is 9.94 Å². The summed E-state index contributed by atoms with van der Waals surface area (Å²) < 4.78 is 36.8. The van der Waals surface area contributed by atoms with E-state index >= 15 is 0 Å². The van der Waals surface area contributed by atoms with E-state index in [1.54, 1.807) is 6.92 Å². The molecule has 1 aliphatic carbocycles. The lowest BCUT2D eigenvalue weighted by molar-refractivity contribution is -0.275. The van der Waals surface area contributed by atoms with Gasteiger partial charge in [0.15, 0.2) is 0 Å². The molecule has 0 spiro atoms. The van der Waals surface area contributed by atoms with Crippen molar-refractivity contribution in [1.29, 1.82) is 0 Å². The largest absolute Gasteiger partial charge is 0.492 e. The first kappa shape index (κ1) is 14.6. The van der Waals surface area contributed by atoms with Crippen LogP contribution in [0.3, 0.4) is 0 Å². The number of halogens is 3. The van der Waals surface area contributed by atoms with Crippen LogP contribution in [0.2, 0.25) is 0 Å². The normalized spacial score (nSPS) is 36.7. The highest BCUT2D eigenvalue weighted by Crippen LogP contribution is 2.38. The maximum Gasteiger partial charge on any atom is 0.492 e. The number of aliphatic hydroxyl groups excluding tert-OH is 1. The van der Waals surface area contributed by atoms with Crippen LogP contribution < -0.4 is 0 Å². The highest BCUT2D eigenvalue weighted by Gasteiger charge is 2.48. The zero-order valence-electron chi connectivity index (χ0n) is 10.7. The van der Waals surface area contributed by atoms with Crippen LogP contribution in [-0.2, 0) is 9.63 Å². The fourth-order valence-corrected chi connectivity index (χ4v) is 3.16. The van der Waals surface area contributed by atoms with E-state index in [0.717, 1.165) is 24.3 Å². The van der Waals surface area contributed by atoms with E-state index in [1.165, 1.54) is 0 Å². The van der Waals surface area contributed by atoms with Gasteiger partial charge >= 0.3 is 12.1 Å². The Morgan fingerprint density at radius 2 is 1.95 bits per heavy atom. The van der Waals surface area contributed by atoms with Crippen LogP contribution >= 0.6 is 0 Å². The van der Waals surface area contributed by atoms with Gasteiger partial charge in [0.2, 0.25) is 0 Å². The van der Waals surface area contributed by atoms with Crippen molar-refractivity contribution < 1.29 is 27.9 Å². The molecule has 1 saturated heterocycles. The Bertz CT molecular complexity index is 348. The maximum absolute atomic E-state index is 12.3. The molecule has 0 aromatic rings. The van der Waals surface area contributed by atoms with Gasteiger partial charge in [0, 0.05) is 12.0 Å². The first-order valence-electron chi connectivity index (χ1n) is 6.56. The minimum Gasteiger partial charge on any atom is -0.393 e. The molecule has 1 saturated carbocycles. The SMILES string of the molecule is CC1CC(O)C2CCCCC2N1OC(=O)C(F)(F)F. The molecular weight excluding hydrogens is 263 g/mol. The lowest BCUT2D eigenvalue weighted by Crippen LogP contribution is -2.57. The third-order valence-corrected chi connectivity index (χ3v) is 4.04. The molecule has 4 unspecified atom stereocenters. The topological polar surface area (TPSA) is 49.8 Å². The average Bonchev–Trinajstić information content (AvgIpc) is 2.33. The van der Waals surface area contributed by atoms with Crippen molar-refractivity contribution in [3.8, 4) is 0 Å². The predicted octanol–water partition coefficient (Wildman–Crippen LogP) is 2.02. The number of rotatable bonds is 1. The molecule has 1 heterocycles. The van der Waals surface area contributed by atoms with Gasteiger partial charge in [-0.3, -0.25) is 0 Å². The summed E-state index contributed by atoms with van der Waals surface area (Å²) in [6.07, 6.45) is -1.95. The van der Waals surface area contributed by atoms with Crippen molar-refractivity contribution >= 4 is 5.97 Å². The highest BCUT2D eigenvalue weighted by molar-refractivity contribution is 5.75. The molecule has 0 aromatic carbocycles. The van der Waals surface area contributed by atoms with Gasteiger partial charge in [0.1, 0.15) is 0 Å². The van der Waals surface area contributed by atoms with Crippen molar-refractivity contribution in [1.82, 2.24) is 5.06 Å². The van der Waals surface area contributed by atoms with Crippen molar-refractivity contribution in [2.75, 3.05) is 0 Å². The standard InChI is InChI=1S/C12H18F3NO3/c1-7-6-10(17)8-4-2-3-5-9(8)16(7)19-11(18)12(13,14)15/h7-10,17H,2-6H2,1H3. The number of nitrogens with zero attached hydrogens (tertiary/aromatic N) is 1. The van der Waals surface area contributed by atoms with Gasteiger partial charge in [-0.2, -0.15) is 13.2 Å². The first-order chi connectivity index (χ1) is 8.80. The number of hydroxylamine groups is 2. The Labute approximate surface area is 109 Å². The second kappa shape index (κ2) is 5.28. The quantitative estimate of drug-likeness (QED) is 0.799. The summed E-state index contributed by atoms with van der Waals surface area (Å²) in [7, 11) is 0. The Balaban J connectivity index is 2.11. The Morgan fingerprint density at radius 3 is 2.58 bits per heavy atom. The second-order valence-electron chi connectivity index (χ2n) is 5.40. The third kappa shape index (κ3) is 3.02. The van der Waals surface area contributed by atoms with Crippen LogP contribution in [0, 0.1) is 5.92 Å². The second-order valence-corrected chi connectivity index (χ2v) is 5.40. The Morgan fingerprint density at radius 1 is 1.32 bits per heavy atom. The maximum atomic E-state index is 12.3. The molecule has 19 heavy (non-hydrogen) atoms. The molecule has 2 rings (SSSR count). The van der Waals surface area contributed by atoms with E-state index in [4.69, 9.17) is 0 Å². The number of piperidine rings is 1. The minimum atomic E-state index is -4.99. The van der Waals surface area contributed by atoms with Crippen molar-refractivity contribution in [3.05, 3.63) is 0 Å². The summed E-state index contributed by atoms with van der Waals surface area (Å²) in [4.78, 5) is 15.5. The fourth-order valence-electron chi connectivity index (χ4n) is 3.16. The van der Waals surface area contributed by atoms with Gasteiger partial charge in [-0.05, 0) is 26.2 Å². The molecule has 110 valence electrons. The van der Waals surface area contributed by atoms with E-state index in [2.05, 4.69) is 4.84 Å². The molecule has 4 nitrogen and oxygen atoms in total. The summed E-state index contributed by atoms with van der Waals surface area (Å²) in [5.41, 5.74) is 0. The summed E-state index contributed by atoms with van der Waals surface area (Å²) in [5, 5.41) is 11.2. The highest BCUT2D eigenvalue weighted by atomic mass is 19.4. The number of carbonyl (C=O) groups is 1. The van der Waals surface area contributed by atoms with Gasteiger partial charge in [-0.15, -0.1) is 5.06 Å².